The van der Waals surface area contributed by atoms with Crippen molar-refractivity contribution in [1.82, 2.24) is 0 Å². The Kier molecular flexibility index (Phi) is 8.86. The van der Waals surface area contributed by atoms with Crippen molar-refractivity contribution < 1.29 is 0 Å². The van der Waals surface area contributed by atoms with E-state index in [1.54, 1.807) is 0 Å². The minimum atomic E-state index is -0.235. The summed E-state index contributed by atoms with van der Waals surface area (Å²) >= 11 is 0. The summed E-state index contributed by atoms with van der Waals surface area (Å²) in [5, 5.41) is 5.02. The fraction of sp³-hybridized carbons (Fsp3) is 0.0508. The van der Waals surface area contributed by atoms with E-state index in [-0.39, 0.29) is 5.41 Å². The lowest BCUT2D eigenvalue weighted by Gasteiger charge is -2.29. The Hall–Kier alpha value is -7.68. The van der Waals surface area contributed by atoms with Gasteiger partial charge in [0.15, 0.2) is 0 Å². The number of hydrogen-bond acceptors (Lipinski definition) is 2. The van der Waals surface area contributed by atoms with Gasteiger partial charge < -0.3 is 9.80 Å². The zero-order chi connectivity index (χ0) is 40.9. The van der Waals surface area contributed by atoms with Crippen LogP contribution < -0.4 is 9.80 Å². The highest BCUT2D eigenvalue weighted by molar-refractivity contribution is 5.91. The van der Waals surface area contributed by atoms with E-state index < -0.39 is 0 Å². The average molecular weight is 781 g/mol. The van der Waals surface area contributed by atoms with Crippen molar-refractivity contribution >= 4 is 55.7 Å². The minimum Gasteiger partial charge on any atom is -0.310 e. The number of rotatable bonds is 8. The van der Waals surface area contributed by atoms with Gasteiger partial charge in [0, 0.05) is 39.5 Å². The predicted molar refractivity (Wildman–Crippen MR) is 259 cm³/mol. The first-order valence-electron chi connectivity index (χ1n) is 21.2. The molecule has 1 aliphatic carbocycles. The molecule has 0 N–H and O–H groups in total. The average Bonchev–Trinajstić information content (AvgIpc) is 3.54. The molecule has 10 aromatic rings. The van der Waals surface area contributed by atoms with Crippen molar-refractivity contribution in [3.05, 3.63) is 242 Å². The van der Waals surface area contributed by atoms with Crippen LogP contribution in [0, 0.1) is 0 Å². The molecule has 0 fully saturated rings. The van der Waals surface area contributed by atoms with Crippen LogP contribution >= 0.6 is 0 Å². The number of anilines is 6. The van der Waals surface area contributed by atoms with Crippen LogP contribution in [-0.4, -0.2) is 0 Å². The van der Waals surface area contributed by atoms with E-state index in [0.29, 0.717) is 0 Å². The molecule has 0 bridgehead atoms. The number of para-hydroxylation sites is 2. The van der Waals surface area contributed by atoms with Crippen LogP contribution in [0.3, 0.4) is 0 Å². The Labute approximate surface area is 358 Å². The number of fused-ring (bicyclic) bond motifs is 5. The second kappa shape index (κ2) is 14.9. The van der Waals surface area contributed by atoms with E-state index in [1.807, 2.05) is 0 Å². The third-order valence-electron chi connectivity index (χ3n) is 12.6. The summed E-state index contributed by atoms with van der Waals surface area (Å²) in [6, 6.07) is 84.1. The Bertz CT molecular complexity index is 2980. The molecule has 0 spiro atoms. The quantitative estimate of drug-likeness (QED) is 0.152. The molecular formula is C59H44N2. The van der Waals surface area contributed by atoms with Gasteiger partial charge in [0.1, 0.15) is 0 Å². The number of nitrogens with zero attached hydrogens (tertiary/aromatic N) is 2. The first kappa shape index (κ1) is 36.4. The molecule has 0 amide bonds. The first-order chi connectivity index (χ1) is 30.0. The van der Waals surface area contributed by atoms with Crippen molar-refractivity contribution in [3.8, 4) is 33.4 Å². The second-order valence-electron chi connectivity index (χ2n) is 16.6. The first-order valence-corrected chi connectivity index (χ1v) is 21.2. The van der Waals surface area contributed by atoms with Gasteiger partial charge in [-0.2, -0.15) is 0 Å². The maximum Gasteiger partial charge on any atom is 0.0465 e. The zero-order valence-electron chi connectivity index (χ0n) is 34.3. The van der Waals surface area contributed by atoms with Crippen LogP contribution in [0.25, 0.3) is 54.9 Å². The second-order valence-corrected chi connectivity index (χ2v) is 16.6. The van der Waals surface area contributed by atoms with E-state index in [0.717, 1.165) is 34.1 Å². The molecule has 0 atom stereocenters. The summed E-state index contributed by atoms with van der Waals surface area (Å²) in [7, 11) is 0. The fourth-order valence-electron chi connectivity index (χ4n) is 9.38. The van der Waals surface area contributed by atoms with Crippen LogP contribution in [0.4, 0.5) is 34.1 Å². The smallest absolute Gasteiger partial charge is 0.0465 e. The number of hydrogen-bond donors (Lipinski definition) is 0. The summed E-state index contributed by atoms with van der Waals surface area (Å²) in [5.41, 5.74) is 16.6. The van der Waals surface area contributed by atoms with Crippen LogP contribution in [0.15, 0.2) is 231 Å². The van der Waals surface area contributed by atoms with E-state index >= 15 is 0 Å². The molecule has 0 heterocycles. The summed E-state index contributed by atoms with van der Waals surface area (Å²) in [4.78, 5) is 4.77. The van der Waals surface area contributed by atoms with Gasteiger partial charge in [-0.15, -0.1) is 0 Å². The predicted octanol–water partition coefficient (Wildman–Crippen LogP) is 16.6. The van der Waals surface area contributed by atoms with Gasteiger partial charge in [0.2, 0.25) is 0 Å². The summed E-state index contributed by atoms with van der Waals surface area (Å²) in [6.07, 6.45) is 0. The highest BCUT2D eigenvalue weighted by Gasteiger charge is 2.37. The summed E-state index contributed by atoms with van der Waals surface area (Å²) in [5.74, 6) is 0. The van der Waals surface area contributed by atoms with Crippen LogP contribution in [0.1, 0.15) is 25.0 Å². The SMILES string of the molecule is CC1(C)c2cc(N(c3ccccc3)c3ccc(-c4ccc5ccccc5c4)cc3)ccc2-c2ccc(N(c3ccccc3)c3ccc(-c4ccc5ccccc5c4)cc3)cc21. The zero-order valence-corrected chi connectivity index (χ0v) is 34.3. The van der Waals surface area contributed by atoms with Gasteiger partial charge in [-0.25, -0.2) is 0 Å². The third-order valence-corrected chi connectivity index (χ3v) is 12.6. The minimum absolute atomic E-state index is 0.235. The van der Waals surface area contributed by atoms with Crippen LogP contribution in [0.5, 0.6) is 0 Å². The maximum atomic E-state index is 2.42. The molecule has 2 heteroatoms. The third kappa shape index (κ3) is 6.54. The highest BCUT2D eigenvalue weighted by atomic mass is 15.1. The Morgan fingerprint density at radius 2 is 0.590 bits per heavy atom. The van der Waals surface area contributed by atoms with E-state index in [4.69, 9.17) is 0 Å². The lowest BCUT2D eigenvalue weighted by Crippen LogP contribution is -2.17. The Morgan fingerprint density at radius 1 is 0.262 bits per heavy atom. The maximum absolute atomic E-state index is 2.42. The summed E-state index contributed by atoms with van der Waals surface area (Å²) < 4.78 is 0. The van der Waals surface area contributed by atoms with E-state index in [1.165, 1.54) is 66.1 Å². The van der Waals surface area contributed by atoms with Crippen molar-refractivity contribution in [2.75, 3.05) is 9.80 Å². The molecule has 2 nitrogen and oxygen atoms in total. The molecule has 11 rings (SSSR count). The lowest BCUT2D eigenvalue weighted by atomic mass is 9.82. The summed E-state index contributed by atoms with van der Waals surface area (Å²) in [6.45, 7) is 4.75. The van der Waals surface area contributed by atoms with Crippen molar-refractivity contribution in [2.24, 2.45) is 0 Å². The van der Waals surface area contributed by atoms with E-state index in [2.05, 4.69) is 254 Å². The monoisotopic (exact) mass is 780 g/mol. The van der Waals surface area contributed by atoms with Gasteiger partial charge in [0.05, 0.1) is 0 Å². The van der Waals surface area contributed by atoms with Gasteiger partial charge in [-0.05, 0) is 151 Å². The molecule has 0 unspecified atom stereocenters. The Balaban J connectivity index is 0.943. The molecule has 0 aromatic heterocycles. The largest absolute Gasteiger partial charge is 0.310 e. The number of benzene rings is 10. The van der Waals surface area contributed by atoms with Crippen LogP contribution in [-0.2, 0) is 5.41 Å². The highest BCUT2D eigenvalue weighted by Crippen LogP contribution is 2.52. The fourth-order valence-corrected chi connectivity index (χ4v) is 9.38. The lowest BCUT2D eigenvalue weighted by molar-refractivity contribution is 0.660. The van der Waals surface area contributed by atoms with Crippen molar-refractivity contribution in [1.29, 1.82) is 0 Å². The molecule has 0 saturated carbocycles. The molecule has 0 radical (unpaired) electrons. The molecule has 1 aliphatic rings. The molecule has 0 aliphatic heterocycles. The van der Waals surface area contributed by atoms with Gasteiger partial charge in [0.25, 0.3) is 0 Å². The molecule has 0 saturated heterocycles. The van der Waals surface area contributed by atoms with E-state index in [9.17, 15) is 0 Å². The molecule has 61 heavy (non-hydrogen) atoms. The molecule has 10 aromatic carbocycles. The molecule has 290 valence electrons. The van der Waals surface area contributed by atoms with Gasteiger partial charge in [-0.3, -0.25) is 0 Å². The normalized spacial score (nSPS) is 12.6. The van der Waals surface area contributed by atoms with Crippen LogP contribution in [0.2, 0.25) is 0 Å². The Morgan fingerprint density at radius 3 is 1.00 bits per heavy atom. The topological polar surface area (TPSA) is 6.48 Å². The van der Waals surface area contributed by atoms with Gasteiger partial charge in [-0.1, -0.05) is 159 Å². The van der Waals surface area contributed by atoms with Crippen molar-refractivity contribution in [2.45, 2.75) is 19.3 Å². The van der Waals surface area contributed by atoms with Gasteiger partial charge >= 0.3 is 0 Å². The van der Waals surface area contributed by atoms with Crippen molar-refractivity contribution in [3.63, 3.8) is 0 Å². The molecular weight excluding hydrogens is 737 g/mol. The standard InChI is InChI=1S/C59H44N2/c1-59(2)57-39-53(60(49-17-5-3-6-18-49)51-29-25-43(26-30-51)47-23-21-41-13-9-11-15-45(41)37-47)33-35-55(57)56-36-34-54(40-58(56)59)61(50-19-7-4-8-20-50)52-31-27-44(28-32-52)48-24-22-42-14-10-12-16-46(42)38-48/h3-40H,1-2H3.